The van der Waals surface area contributed by atoms with Crippen molar-refractivity contribution in [2.75, 3.05) is 0 Å². The molecule has 1 aliphatic rings. The van der Waals surface area contributed by atoms with Crippen molar-refractivity contribution < 1.29 is 8.83 Å². The van der Waals surface area contributed by atoms with Gasteiger partial charge >= 0.3 is 0 Å². The number of benzene rings is 6. The molecule has 228 valence electrons. The molecule has 5 nitrogen and oxygen atoms in total. The summed E-state index contributed by atoms with van der Waals surface area (Å²) in [6.45, 7) is 0. The Hall–Kier alpha value is -6.82. The molecule has 1 aliphatic carbocycles. The van der Waals surface area contributed by atoms with Crippen LogP contribution in [-0.4, -0.2) is 4.57 Å². The van der Waals surface area contributed by atoms with E-state index in [2.05, 4.69) is 102 Å². The summed E-state index contributed by atoms with van der Waals surface area (Å²) in [5.74, 6) is -0.349. The fourth-order valence-electron chi connectivity index (χ4n) is 7.78. The van der Waals surface area contributed by atoms with E-state index in [1.807, 2.05) is 54.6 Å². The van der Waals surface area contributed by atoms with Crippen molar-refractivity contribution in [3.8, 4) is 23.3 Å². The molecule has 0 radical (unpaired) electrons. The first-order valence-corrected chi connectivity index (χ1v) is 16.3. The first-order chi connectivity index (χ1) is 24.2. The first kappa shape index (κ1) is 27.3. The Morgan fingerprint density at radius 1 is 0.531 bits per heavy atom. The Morgan fingerprint density at radius 2 is 1.12 bits per heavy atom. The van der Waals surface area contributed by atoms with Gasteiger partial charge < -0.3 is 13.4 Å². The molecule has 2 unspecified atom stereocenters. The van der Waals surface area contributed by atoms with Crippen LogP contribution in [0.2, 0.25) is 0 Å². The lowest BCUT2D eigenvalue weighted by Gasteiger charge is -2.29. The van der Waals surface area contributed by atoms with Crippen molar-refractivity contribution in [3.63, 3.8) is 0 Å². The van der Waals surface area contributed by atoms with Gasteiger partial charge in [-0.1, -0.05) is 78.9 Å². The van der Waals surface area contributed by atoms with Crippen LogP contribution in [0.1, 0.15) is 17.2 Å². The van der Waals surface area contributed by atoms with E-state index in [4.69, 9.17) is 8.83 Å². The smallest absolute Gasteiger partial charge is 0.136 e. The molecule has 10 rings (SSSR count). The molecular weight excluding hydrogens is 603 g/mol. The van der Waals surface area contributed by atoms with Gasteiger partial charge in [0, 0.05) is 43.4 Å². The van der Waals surface area contributed by atoms with Gasteiger partial charge in [0.25, 0.3) is 0 Å². The molecule has 0 spiro atoms. The van der Waals surface area contributed by atoms with Crippen molar-refractivity contribution in [1.29, 1.82) is 10.5 Å². The fourth-order valence-corrected chi connectivity index (χ4v) is 7.78. The van der Waals surface area contributed by atoms with Crippen LogP contribution in [-0.2, 0) is 0 Å². The number of nitriles is 2. The van der Waals surface area contributed by atoms with Crippen molar-refractivity contribution >= 4 is 71.3 Å². The van der Waals surface area contributed by atoms with Crippen LogP contribution < -0.4 is 0 Å². The number of hydrogen-bond acceptors (Lipinski definition) is 4. The van der Waals surface area contributed by atoms with E-state index in [0.717, 1.165) is 77.2 Å². The number of hydrogen-bond donors (Lipinski definition) is 0. The third-order valence-electron chi connectivity index (χ3n) is 10.0. The number of para-hydroxylation sites is 2. The summed E-state index contributed by atoms with van der Waals surface area (Å²) in [4.78, 5) is 0. The third kappa shape index (κ3) is 4.03. The molecule has 0 N–H and O–H groups in total. The van der Waals surface area contributed by atoms with Gasteiger partial charge in [-0.05, 0) is 82.9 Å². The van der Waals surface area contributed by atoms with Gasteiger partial charge in [0.05, 0.1) is 29.7 Å². The summed E-state index contributed by atoms with van der Waals surface area (Å²) >= 11 is 0. The van der Waals surface area contributed by atoms with Crippen LogP contribution in [0.25, 0.3) is 82.4 Å². The van der Waals surface area contributed by atoms with Gasteiger partial charge in [0.15, 0.2) is 0 Å². The minimum absolute atomic E-state index is 0.222. The molecule has 0 bridgehead atoms. The maximum absolute atomic E-state index is 10.4. The molecule has 6 aromatic carbocycles. The summed E-state index contributed by atoms with van der Waals surface area (Å²) in [5.41, 5.74) is 10.1. The molecule has 49 heavy (non-hydrogen) atoms. The average Bonchev–Trinajstić information content (AvgIpc) is 3.81. The molecule has 2 atom stereocenters. The minimum Gasteiger partial charge on any atom is -0.456 e. The largest absolute Gasteiger partial charge is 0.456 e. The predicted molar refractivity (Wildman–Crippen MR) is 196 cm³/mol. The van der Waals surface area contributed by atoms with Crippen LogP contribution >= 0.6 is 0 Å². The molecular formula is C44H25N3O2. The van der Waals surface area contributed by atoms with E-state index in [9.17, 15) is 10.5 Å². The molecule has 0 saturated carbocycles. The van der Waals surface area contributed by atoms with Crippen molar-refractivity contribution in [2.24, 2.45) is 5.92 Å². The Morgan fingerprint density at radius 3 is 1.78 bits per heavy atom. The summed E-state index contributed by atoms with van der Waals surface area (Å²) in [5, 5.41) is 26.1. The highest BCUT2D eigenvalue weighted by Gasteiger charge is 2.31. The Balaban J connectivity index is 1.13. The fraction of sp³-hybridized carbons (Fsp3) is 0.0455. The standard InChI is InChI=1S/C44H25N3O2/c45-24-26-7-5-8-27(19-26)28-15-17-40-34(20-28)36-22-43-37(23-42(36)48-40)35-21-29(16-18-41(35)49-43)31-12-6-9-30(25-46)44(31)47-38-13-3-1-10-32(38)33-11-2-4-14-39(33)47/h1-23,30,44H. The quantitative estimate of drug-likeness (QED) is 0.195. The van der Waals surface area contributed by atoms with Crippen LogP contribution in [0, 0.1) is 28.6 Å². The number of aromatic nitrogens is 1. The predicted octanol–water partition coefficient (Wildman–Crippen LogP) is 11.5. The number of furan rings is 2. The molecule has 9 aromatic rings. The summed E-state index contributed by atoms with van der Waals surface area (Å²) < 4.78 is 15.2. The van der Waals surface area contributed by atoms with Gasteiger partial charge in [-0.2, -0.15) is 10.5 Å². The monoisotopic (exact) mass is 627 g/mol. The number of allylic oxidation sites excluding steroid dienone is 4. The second-order valence-corrected chi connectivity index (χ2v) is 12.7. The van der Waals surface area contributed by atoms with E-state index >= 15 is 0 Å². The highest BCUT2D eigenvalue weighted by molar-refractivity contribution is 6.15. The third-order valence-corrected chi connectivity index (χ3v) is 10.0. The van der Waals surface area contributed by atoms with Crippen molar-refractivity contribution in [1.82, 2.24) is 4.57 Å². The molecule has 3 heterocycles. The lowest BCUT2D eigenvalue weighted by atomic mass is 9.84. The molecule has 0 amide bonds. The maximum atomic E-state index is 10.4. The zero-order valence-corrected chi connectivity index (χ0v) is 26.1. The zero-order chi connectivity index (χ0) is 32.6. The van der Waals surface area contributed by atoms with Crippen LogP contribution in [0.15, 0.2) is 148 Å². The summed E-state index contributed by atoms with van der Waals surface area (Å²) in [6, 6.07) is 45.8. The lowest BCUT2D eigenvalue weighted by molar-refractivity contribution is 0.576. The van der Waals surface area contributed by atoms with Crippen molar-refractivity contribution in [3.05, 3.63) is 151 Å². The SMILES string of the molecule is N#Cc1cccc(-c2ccc3oc4cc5c(cc4c3c2)oc2ccc(C3=CC=CC(C#N)C3n3c4ccccc4c4ccccc43)cc25)c1. The van der Waals surface area contributed by atoms with Gasteiger partial charge in [-0.25, -0.2) is 0 Å². The van der Waals surface area contributed by atoms with Crippen LogP contribution in [0.5, 0.6) is 0 Å². The highest BCUT2D eigenvalue weighted by Crippen LogP contribution is 2.45. The Bertz CT molecular complexity index is 2940. The number of nitrogens with zero attached hydrogens (tertiary/aromatic N) is 3. The summed E-state index contributed by atoms with van der Waals surface area (Å²) in [6.07, 6.45) is 6.16. The maximum Gasteiger partial charge on any atom is 0.136 e. The topological polar surface area (TPSA) is 78.8 Å². The Labute approximate surface area is 280 Å². The molecule has 0 saturated heterocycles. The number of rotatable bonds is 3. The van der Waals surface area contributed by atoms with Gasteiger partial charge in [0.1, 0.15) is 22.3 Å². The highest BCUT2D eigenvalue weighted by atomic mass is 16.3. The van der Waals surface area contributed by atoms with Crippen molar-refractivity contribution in [2.45, 2.75) is 6.04 Å². The number of fused-ring (bicyclic) bond motifs is 9. The molecule has 0 fully saturated rings. The van der Waals surface area contributed by atoms with Gasteiger partial charge in [0.2, 0.25) is 0 Å². The second kappa shape index (κ2) is 10.3. The molecule has 0 aliphatic heterocycles. The average molecular weight is 628 g/mol. The lowest BCUT2D eigenvalue weighted by Crippen LogP contribution is -2.20. The normalized spacial score (nSPS) is 16.2. The van der Waals surface area contributed by atoms with E-state index in [0.29, 0.717) is 5.56 Å². The van der Waals surface area contributed by atoms with E-state index in [1.165, 1.54) is 10.8 Å². The molecule has 5 heteroatoms. The Kier molecular flexibility index (Phi) is 5.76. The van der Waals surface area contributed by atoms with E-state index < -0.39 is 0 Å². The van der Waals surface area contributed by atoms with Gasteiger partial charge in [-0.15, -0.1) is 0 Å². The minimum atomic E-state index is -0.349. The molecule has 3 aromatic heterocycles. The van der Waals surface area contributed by atoms with Crippen LogP contribution in [0.4, 0.5) is 0 Å². The zero-order valence-electron chi connectivity index (χ0n) is 26.1. The van der Waals surface area contributed by atoms with E-state index in [1.54, 1.807) is 0 Å². The van der Waals surface area contributed by atoms with Crippen LogP contribution in [0.3, 0.4) is 0 Å². The second-order valence-electron chi connectivity index (χ2n) is 12.7. The summed E-state index contributed by atoms with van der Waals surface area (Å²) in [7, 11) is 0. The van der Waals surface area contributed by atoms with E-state index in [-0.39, 0.29) is 12.0 Å². The first-order valence-electron chi connectivity index (χ1n) is 16.3. The van der Waals surface area contributed by atoms with Gasteiger partial charge in [-0.3, -0.25) is 0 Å².